The standard InChI is InChI=1S/C16H19NO2/c18-12-10-17-11-13-19-16-9-5-4-8-15(16)14-6-2-1-3-7-14/h1-9,17-18H,10-13H2/p+1. The lowest BCUT2D eigenvalue weighted by Crippen LogP contribution is -2.86. The predicted octanol–water partition coefficient (Wildman–Crippen LogP) is 1.29. The SMILES string of the molecule is OCC[NH2+]CCOc1ccccc1-c1ccccc1. The molecule has 0 aliphatic rings. The Morgan fingerprint density at radius 2 is 1.63 bits per heavy atom. The van der Waals surface area contributed by atoms with Gasteiger partial charge in [-0.3, -0.25) is 0 Å². The number of rotatable bonds is 7. The maximum atomic E-state index is 8.70. The van der Waals surface area contributed by atoms with Gasteiger partial charge in [0, 0.05) is 5.56 Å². The zero-order valence-electron chi connectivity index (χ0n) is 11.0. The van der Waals surface area contributed by atoms with Crippen LogP contribution in [0.4, 0.5) is 0 Å². The highest BCUT2D eigenvalue weighted by atomic mass is 16.5. The summed E-state index contributed by atoms with van der Waals surface area (Å²) >= 11 is 0. The van der Waals surface area contributed by atoms with Crippen molar-refractivity contribution in [3.05, 3.63) is 54.6 Å². The summed E-state index contributed by atoms with van der Waals surface area (Å²) in [6.07, 6.45) is 0. The molecular weight excluding hydrogens is 238 g/mol. The summed E-state index contributed by atoms with van der Waals surface area (Å²) in [6.45, 7) is 2.43. The topological polar surface area (TPSA) is 46.1 Å². The lowest BCUT2D eigenvalue weighted by atomic mass is 10.1. The molecule has 0 heterocycles. The minimum Gasteiger partial charge on any atom is -0.487 e. The maximum absolute atomic E-state index is 8.70. The van der Waals surface area contributed by atoms with Crippen molar-refractivity contribution < 1.29 is 15.2 Å². The first kappa shape index (κ1) is 13.6. The van der Waals surface area contributed by atoms with Gasteiger partial charge < -0.3 is 15.2 Å². The van der Waals surface area contributed by atoms with Crippen LogP contribution < -0.4 is 10.1 Å². The van der Waals surface area contributed by atoms with Crippen LogP contribution in [0.3, 0.4) is 0 Å². The smallest absolute Gasteiger partial charge is 0.137 e. The number of hydrogen-bond donors (Lipinski definition) is 2. The lowest BCUT2D eigenvalue weighted by molar-refractivity contribution is -0.656. The second-order valence-electron chi connectivity index (χ2n) is 4.30. The van der Waals surface area contributed by atoms with Crippen molar-refractivity contribution in [2.45, 2.75) is 0 Å². The number of para-hydroxylation sites is 1. The predicted molar refractivity (Wildman–Crippen MR) is 76.1 cm³/mol. The Morgan fingerprint density at radius 1 is 0.895 bits per heavy atom. The van der Waals surface area contributed by atoms with Gasteiger partial charge in [-0.15, -0.1) is 0 Å². The molecule has 0 saturated heterocycles. The zero-order valence-corrected chi connectivity index (χ0v) is 11.0. The van der Waals surface area contributed by atoms with Gasteiger partial charge in [0.2, 0.25) is 0 Å². The van der Waals surface area contributed by atoms with Gasteiger partial charge >= 0.3 is 0 Å². The van der Waals surface area contributed by atoms with Crippen LogP contribution in [0.1, 0.15) is 0 Å². The number of quaternary nitrogens is 1. The van der Waals surface area contributed by atoms with Gasteiger partial charge in [-0.05, 0) is 11.6 Å². The van der Waals surface area contributed by atoms with Gasteiger partial charge in [0.15, 0.2) is 0 Å². The van der Waals surface area contributed by atoms with Crippen LogP contribution in [0, 0.1) is 0 Å². The van der Waals surface area contributed by atoms with E-state index in [1.54, 1.807) is 0 Å². The minimum atomic E-state index is 0.209. The molecule has 0 fully saturated rings. The second kappa shape index (κ2) is 7.56. The molecule has 0 aliphatic heterocycles. The number of aliphatic hydroxyl groups excluding tert-OH is 1. The Labute approximate surface area is 113 Å². The molecule has 3 N–H and O–H groups in total. The number of nitrogens with two attached hydrogens (primary N) is 1. The fourth-order valence-electron chi connectivity index (χ4n) is 1.94. The normalized spacial score (nSPS) is 10.4. The van der Waals surface area contributed by atoms with E-state index in [2.05, 4.69) is 18.2 Å². The average Bonchev–Trinajstić information content (AvgIpc) is 2.48. The summed E-state index contributed by atoms with van der Waals surface area (Å²) in [5.41, 5.74) is 2.28. The molecule has 0 aromatic heterocycles. The molecule has 3 heteroatoms. The third-order valence-electron chi connectivity index (χ3n) is 2.88. The Kier molecular flexibility index (Phi) is 5.41. The molecule has 0 radical (unpaired) electrons. The van der Waals surface area contributed by atoms with E-state index in [0.29, 0.717) is 6.61 Å². The van der Waals surface area contributed by atoms with Crippen molar-refractivity contribution in [2.24, 2.45) is 0 Å². The summed E-state index contributed by atoms with van der Waals surface area (Å²) in [5.74, 6) is 0.908. The van der Waals surface area contributed by atoms with E-state index in [0.717, 1.165) is 30.0 Å². The quantitative estimate of drug-likeness (QED) is 0.735. The van der Waals surface area contributed by atoms with E-state index in [4.69, 9.17) is 9.84 Å². The third kappa shape index (κ3) is 4.09. The van der Waals surface area contributed by atoms with Gasteiger partial charge in [0.25, 0.3) is 0 Å². The first-order valence-corrected chi connectivity index (χ1v) is 6.61. The van der Waals surface area contributed by atoms with Crippen molar-refractivity contribution in [3.8, 4) is 16.9 Å². The van der Waals surface area contributed by atoms with E-state index < -0.39 is 0 Å². The Morgan fingerprint density at radius 3 is 2.42 bits per heavy atom. The molecule has 0 amide bonds. The van der Waals surface area contributed by atoms with Crippen LogP contribution in [-0.4, -0.2) is 31.4 Å². The van der Waals surface area contributed by atoms with Gasteiger partial charge in [-0.2, -0.15) is 0 Å². The summed E-state index contributed by atoms with van der Waals surface area (Å²) in [4.78, 5) is 0. The number of aliphatic hydroxyl groups is 1. The monoisotopic (exact) mass is 258 g/mol. The van der Waals surface area contributed by atoms with Crippen molar-refractivity contribution in [2.75, 3.05) is 26.3 Å². The number of ether oxygens (including phenoxy) is 1. The van der Waals surface area contributed by atoms with E-state index >= 15 is 0 Å². The zero-order chi connectivity index (χ0) is 13.3. The van der Waals surface area contributed by atoms with Gasteiger partial charge in [-0.1, -0.05) is 48.5 Å². The summed E-state index contributed by atoms with van der Waals surface area (Å²) < 4.78 is 5.83. The fraction of sp³-hybridized carbons (Fsp3) is 0.250. The second-order valence-corrected chi connectivity index (χ2v) is 4.30. The van der Waals surface area contributed by atoms with Crippen LogP contribution in [0.25, 0.3) is 11.1 Å². The molecule has 0 spiro atoms. The molecule has 2 aromatic carbocycles. The molecule has 100 valence electrons. The molecule has 0 bridgehead atoms. The van der Waals surface area contributed by atoms with Crippen molar-refractivity contribution in [1.82, 2.24) is 0 Å². The van der Waals surface area contributed by atoms with E-state index in [9.17, 15) is 0 Å². The molecule has 0 unspecified atom stereocenters. The van der Waals surface area contributed by atoms with Crippen LogP contribution >= 0.6 is 0 Å². The Hall–Kier alpha value is -1.84. The van der Waals surface area contributed by atoms with Crippen LogP contribution in [0.15, 0.2) is 54.6 Å². The molecule has 0 atom stereocenters. The molecule has 2 rings (SSSR count). The van der Waals surface area contributed by atoms with Gasteiger partial charge in [-0.25, -0.2) is 0 Å². The summed E-state index contributed by atoms with van der Waals surface area (Å²) in [7, 11) is 0. The van der Waals surface area contributed by atoms with Gasteiger partial charge in [0.1, 0.15) is 18.9 Å². The van der Waals surface area contributed by atoms with Crippen molar-refractivity contribution >= 4 is 0 Å². The largest absolute Gasteiger partial charge is 0.487 e. The number of benzene rings is 2. The van der Waals surface area contributed by atoms with Crippen LogP contribution in [-0.2, 0) is 0 Å². The Balaban J connectivity index is 2.01. The van der Waals surface area contributed by atoms with Crippen molar-refractivity contribution in [3.63, 3.8) is 0 Å². The fourth-order valence-corrected chi connectivity index (χ4v) is 1.94. The molecule has 19 heavy (non-hydrogen) atoms. The lowest BCUT2D eigenvalue weighted by Gasteiger charge is -2.11. The van der Waals surface area contributed by atoms with Crippen molar-refractivity contribution in [1.29, 1.82) is 0 Å². The molecule has 0 aliphatic carbocycles. The van der Waals surface area contributed by atoms with E-state index in [-0.39, 0.29) is 6.61 Å². The maximum Gasteiger partial charge on any atom is 0.137 e. The average molecular weight is 258 g/mol. The summed E-state index contributed by atoms with van der Waals surface area (Å²) in [6, 6.07) is 18.3. The highest BCUT2D eigenvalue weighted by Gasteiger charge is 2.05. The third-order valence-corrected chi connectivity index (χ3v) is 2.88. The first-order valence-electron chi connectivity index (χ1n) is 6.61. The molecule has 3 nitrogen and oxygen atoms in total. The van der Waals surface area contributed by atoms with E-state index in [1.165, 1.54) is 0 Å². The van der Waals surface area contributed by atoms with E-state index in [1.807, 2.05) is 41.7 Å². The molecular formula is C16H20NO2+. The van der Waals surface area contributed by atoms with Crippen LogP contribution in [0.5, 0.6) is 5.75 Å². The minimum absolute atomic E-state index is 0.209. The number of hydrogen-bond acceptors (Lipinski definition) is 2. The molecule has 0 saturated carbocycles. The molecule has 2 aromatic rings. The highest BCUT2D eigenvalue weighted by molar-refractivity contribution is 5.70. The summed E-state index contributed by atoms with van der Waals surface area (Å²) in [5, 5.41) is 10.8. The van der Waals surface area contributed by atoms with Gasteiger partial charge in [0.05, 0.1) is 13.2 Å². The van der Waals surface area contributed by atoms with Crippen LogP contribution in [0.2, 0.25) is 0 Å². The highest BCUT2D eigenvalue weighted by Crippen LogP contribution is 2.29. The first-order chi connectivity index (χ1) is 9.42. The Bertz CT molecular complexity index is 485.